The van der Waals surface area contributed by atoms with Gasteiger partial charge in [0.05, 0.1) is 6.04 Å². The summed E-state index contributed by atoms with van der Waals surface area (Å²) in [6.07, 6.45) is 2.72. The normalized spacial score (nSPS) is 23.5. The quantitative estimate of drug-likeness (QED) is 0.916. The van der Waals surface area contributed by atoms with Gasteiger partial charge in [0.1, 0.15) is 11.6 Å². The Morgan fingerprint density at radius 2 is 2.04 bits per heavy atom. The summed E-state index contributed by atoms with van der Waals surface area (Å²) in [5.74, 6) is -0.853. The van der Waals surface area contributed by atoms with Gasteiger partial charge in [-0.3, -0.25) is 9.69 Å². The Morgan fingerprint density at radius 3 is 2.62 bits per heavy atom. The maximum absolute atomic E-state index is 14.1. The molecule has 132 valence electrons. The van der Waals surface area contributed by atoms with Crippen molar-refractivity contribution in [1.29, 1.82) is 0 Å². The van der Waals surface area contributed by atoms with E-state index >= 15 is 0 Å². The van der Waals surface area contributed by atoms with Crippen molar-refractivity contribution in [3.63, 3.8) is 0 Å². The molecule has 2 saturated heterocycles. The number of benzene rings is 1. The van der Waals surface area contributed by atoms with Crippen LogP contribution in [0.2, 0.25) is 0 Å². The van der Waals surface area contributed by atoms with Crippen molar-refractivity contribution in [2.24, 2.45) is 0 Å². The highest BCUT2D eigenvalue weighted by atomic mass is 19.1. The van der Waals surface area contributed by atoms with Crippen LogP contribution < -0.4 is 5.32 Å². The Kier molecular flexibility index (Phi) is 5.46. The smallest absolute Gasteiger partial charge is 0.239 e. The lowest BCUT2D eigenvalue weighted by Crippen LogP contribution is -2.53. The first-order valence-electron chi connectivity index (χ1n) is 8.81. The second kappa shape index (κ2) is 7.57. The first-order chi connectivity index (χ1) is 11.6. The van der Waals surface area contributed by atoms with Crippen LogP contribution >= 0.6 is 0 Å². The third-order valence-corrected chi connectivity index (χ3v) is 5.13. The molecule has 3 rings (SSSR count). The van der Waals surface area contributed by atoms with E-state index in [9.17, 15) is 13.6 Å². The van der Waals surface area contributed by atoms with Crippen LogP contribution in [0.3, 0.4) is 0 Å². The molecule has 0 spiro atoms. The number of hydrogen-bond acceptors (Lipinski definition) is 3. The maximum Gasteiger partial charge on any atom is 0.239 e. The molecule has 0 bridgehead atoms. The van der Waals surface area contributed by atoms with Gasteiger partial charge in [-0.1, -0.05) is 13.0 Å². The second-order valence-corrected chi connectivity index (χ2v) is 6.60. The lowest BCUT2D eigenvalue weighted by atomic mass is 10.0. The molecule has 0 saturated carbocycles. The zero-order valence-electron chi connectivity index (χ0n) is 14.1. The van der Waals surface area contributed by atoms with Crippen molar-refractivity contribution in [3.05, 3.63) is 35.4 Å². The Labute approximate surface area is 141 Å². The van der Waals surface area contributed by atoms with E-state index in [0.29, 0.717) is 31.7 Å². The molecule has 0 aromatic heterocycles. The summed E-state index contributed by atoms with van der Waals surface area (Å²) in [6.45, 7) is 5.68. The van der Waals surface area contributed by atoms with Crippen molar-refractivity contribution in [1.82, 2.24) is 15.1 Å². The molecule has 1 aromatic carbocycles. The van der Waals surface area contributed by atoms with Gasteiger partial charge in [-0.25, -0.2) is 8.78 Å². The number of carbonyl (C=O) groups excluding carboxylic acids is 1. The highest BCUT2D eigenvalue weighted by molar-refractivity contribution is 5.82. The first kappa shape index (κ1) is 17.3. The number of nitrogens with zero attached hydrogens (tertiary/aromatic N) is 2. The van der Waals surface area contributed by atoms with E-state index in [-0.39, 0.29) is 18.0 Å². The van der Waals surface area contributed by atoms with Crippen LogP contribution in [0.5, 0.6) is 0 Å². The molecule has 0 radical (unpaired) electrons. The SMILES string of the molecule is CCC(c1ccc(F)cc1F)N1CCN(C(=O)C2CCCN2)CC1. The summed E-state index contributed by atoms with van der Waals surface area (Å²) >= 11 is 0. The van der Waals surface area contributed by atoms with E-state index in [1.807, 2.05) is 11.8 Å². The van der Waals surface area contributed by atoms with E-state index in [0.717, 1.165) is 31.9 Å². The molecule has 1 amide bonds. The maximum atomic E-state index is 14.1. The van der Waals surface area contributed by atoms with Gasteiger partial charge in [-0.2, -0.15) is 0 Å². The first-order valence-corrected chi connectivity index (χ1v) is 8.81. The van der Waals surface area contributed by atoms with Crippen molar-refractivity contribution in [2.75, 3.05) is 32.7 Å². The van der Waals surface area contributed by atoms with E-state index in [2.05, 4.69) is 10.2 Å². The van der Waals surface area contributed by atoms with Gasteiger partial charge in [0, 0.05) is 43.9 Å². The molecule has 1 aromatic rings. The molecule has 2 heterocycles. The average Bonchev–Trinajstić information content (AvgIpc) is 3.12. The number of piperazine rings is 1. The van der Waals surface area contributed by atoms with E-state index in [1.54, 1.807) is 6.07 Å². The van der Waals surface area contributed by atoms with Gasteiger partial charge < -0.3 is 10.2 Å². The van der Waals surface area contributed by atoms with Crippen molar-refractivity contribution < 1.29 is 13.6 Å². The standard InChI is InChI=1S/C18H25F2N3O/c1-2-17(14-6-5-13(19)12-15(14)20)22-8-10-23(11-9-22)18(24)16-4-3-7-21-16/h5-6,12,16-17,21H,2-4,7-11H2,1H3. The number of hydrogen-bond donors (Lipinski definition) is 1. The molecule has 4 nitrogen and oxygen atoms in total. The molecule has 2 aliphatic heterocycles. The Morgan fingerprint density at radius 1 is 1.29 bits per heavy atom. The van der Waals surface area contributed by atoms with Crippen molar-refractivity contribution in [2.45, 2.75) is 38.3 Å². The van der Waals surface area contributed by atoms with Gasteiger partial charge >= 0.3 is 0 Å². The van der Waals surface area contributed by atoms with E-state index in [4.69, 9.17) is 0 Å². The van der Waals surface area contributed by atoms with Gasteiger partial charge in [-0.15, -0.1) is 0 Å². The average molecular weight is 337 g/mol. The molecular formula is C18H25F2N3O. The van der Waals surface area contributed by atoms with Crippen LogP contribution in [-0.4, -0.2) is 54.5 Å². The third-order valence-electron chi connectivity index (χ3n) is 5.13. The Bertz CT molecular complexity index is 582. The fourth-order valence-corrected chi connectivity index (χ4v) is 3.82. The van der Waals surface area contributed by atoms with Gasteiger partial charge in [0.25, 0.3) is 0 Å². The van der Waals surface area contributed by atoms with Crippen LogP contribution in [0.1, 0.15) is 37.8 Å². The monoisotopic (exact) mass is 337 g/mol. The van der Waals surface area contributed by atoms with Gasteiger partial charge in [-0.05, 0) is 31.9 Å². The Hall–Kier alpha value is -1.53. The fourth-order valence-electron chi connectivity index (χ4n) is 3.82. The highest BCUT2D eigenvalue weighted by Gasteiger charge is 2.31. The zero-order chi connectivity index (χ0) is 17.1. The summed E-state index contributed by atoms with van der Waals surface area (Å²) in [5.41, 5.74) is 0.538. The third kappa shape index (κ3) is 3.59. The minimum Gasteiger partial charge on any atom is -0.339 e. The number of halogens is 2. The Balaban J connectivity index is 1.63. The van der Waals surface area contributed by atoms with E-state index in [1.165, 1.54) is 6.07 Å². The topological polar surface area (TPSA) is 35.6 Å². The molecule has 2 atom stereocenters. The van der Waals surface area contributed by atoms with Gasteiger partial charge in [0.2, 0.25) is 5.91 Å². The molecular weight excluding hydrogens is 312 g/mol. The van der Waals surface area contributed by atoms with Crippen LogP contribution in [0.4, 0.5) is 8.78 Å². The number of rotatable bonds is 4. The highest BCUT2D eigenvalue weighted by Crippen LogP contribution is 2.28. The largest absolute Gasteiger partial charge is 0.339 e. The van der Waals surface area contributed by atoms with Crippen LogP contribution in [0, 0.1) is 11.6 Å². The lowest BCUT2D eigenvalue weighted by molar-refractivity contribution is -0.135. The minimum atomic E-state index is -0.550. The zero-order valence-corrected chi connectivity index (χ0v) is 14.1. The van der Waals surface area contributed by atoms with Crippen molar-refractivity contribution >= 4 is 5.91 Å². The van der Waals surface area contributed by atoms with Gasteiger partial charge in [0.15, 0.2) is 0 Å². The molecule has 2 aliphatic rings. The summed E-state index contributed by atoms with van der Waals surface area (Å²) in [4.78, 5) is 16.6. The molecule has 24 heavy (non-hydrogen) atoms. The summed E-state index contributed by atoms with van der Waals surface area (Å²) < 4.78 is 27.3. The molecule has 6 heteroatoms. The van der Waals surface area contributed by atoms with E-state index < -0.39 is 11.6 Å². The number of amides is 1. The molecule has 1 N–H and O–H groups in total. The minimum absolute atomic E-state index is 0.0342. The van der Waals surface area contributed by atoms with Crippen LogP contribution in [0.25, 0.3) is 0 Å². The second-order valence-electron chi connectivity index (χ2n) is 6.60. The lowest BCUT2D eigenvalue weighted by Gasteiger charge is -2.40. The molecule has 0 aliphatic carbocycles. The fraction of sp³-hybridized carbons (Fsp3) is 0.611. The van der Waals surface area contributed by atoms with Crippen LogP contribution in [-0.2, 0) is 4.79 Å². The summed E-state index contributed by atoms with van der Waals surface area (Å²) in [6, 6.07) is 3.69. The molecule has 2 unspecified atom stereocenters. The predicted molar refractivity (Wildman–Crippen MR) is 88.6 cm³/mol. The number of nitrogens with one attached hydrogen (secondary N) is 1. The summed E-state index contributed by atoms with van der Waals surface area (Å²) in [5, 5.41) is 3.25. The van der Waals surface area contributed by atoms with Crippen LogP contribution in [0.15, 0.2) is 18.2 Å². The summed E-state index contributed by atoms with van der Waals surface area (Å²) in [7, 11) is 0. The van der Waals surface area contributed by atoms with Crippen molar-refractivity contribution in [3.8, 4) is 0 Å². The number of carbonyl (C=O) groups is 1. The predicted octanol–water partition coefficient (Wildman–Crippen LogP) is 2.31. The molecule has 2 fully saturated rings.